The lowest BCUT2D eigenvalue weighted by molar-refractivity contribution is -0.120. The number of fused-ring (bicyclic) bond motifs is 1. The van der Waals surface area contributed by atoms with Gasteiger partial charge < -0.3 is 5.32 Å². The number of hydrogen-bond acceptors (Lipinski definition) is 6. The summed E-state index contributed by atoms with van der Waals surface area (Å²) in [6.07, 6.45) is 1.89. The molecule has 1 fully saturated rings. The molecule has 11 heteroatoms. The number of hydrogen-bond donors (Lipinski definition) is 1. The van der Waals surface area contributed by atoms with Crippen molar-refractivity contribution in [2.24, 2.45) is 0 Å². The number of rotatable bonds is 7. The normalized spacial score (nSPS) is 18.9. The molecule has 0 radical (unpaired) electrons. The highest BCUT2D eigenvalue weighted by atomic mass is 19.1. The lowest BCUT2D eigenvalue weighted by Crippen LogP contribution is -2.48. The zero-order valence-corrected chi connectivity index (χ0v) is 19.0. The summed E-state index contributed by atoms with van der Waals surface area (Å²) in [5, 5.41) is 11.7. The number of nitrogens with zero attached hydrogens (tertiary/aromatic N) is 7. The monoisotopic (exact) mass is 466 g/mol. The Bertz CT molecular complexity index is 1170. The first kappa shape index (κ1) is 22.2. The van der Waals surface area contributed by atoms with Crippen molar-refractivity contribution >= 4 is 17.6 Å². The molecule has 1 N–H and O–H groups in total. The van der Waals surface area contributed by atoms with E-state index in [1.165, 1.54) is 11.2 Å². The number of halogens is 1. The molecule has 3 aromatic rings. The van der Waals surface area contributed by atoms with Gasteiger partial charge in [-0.05, 0) is 12.0 Å². The van der Waals surface area contributed by atoms with Crippen LogP contribution < -0.4 is 10.2 Å². The number of carbonyl (C=O) groups is 2. The Labute approximate surface area is 196 Å². The van der Waals surface area contributed by atoms with Gasteiger partial charge in [0, 0.05) is 45.7 Å². The lowest BCUT2D eigenvalue weighted by Gasteiger charge is -2.33. The van der Waals surface area contributed by atoms with Crippen LogP contribution in [-0.4, -0.2) is 80.2 Å². The molecule has 178 valence electrons. The highest BCUT2D eigenvalue weighted by molar-refractivity contribution is 6.00. The van der Waals surface area contributed by atoms with Crippen molar-refractivity contribution in [3.8, 4) is 0 Å². The van der Waals surface area contributed by atoms with E-state index in [0.717, 1.165) is 17.8 Å². The molecule has 0 unspecified atom stereocenters. The van der Waals surface area contributed by atoms with Gasteiger partial charge in [0.05, 0.1) is 12.2 Å². The van der Waals surface area contributed by atoms with E-state index >= 15 is 0 Å². The van der Waals surface area contributed by atoms with E-state index in [0.29, 0.717) is 44.8 Å². The second-order valence-corrected chi connectivity index (χ2v) is 8.79. The Morgan fingerprint density at radius 2 is 2.00 bits per heavy atom. The zero-order chi connectivity index (χ0) is 23.7. The molecule has 2 aliphatic rings. The second-order valence-electron chi connectivity index (χ2n) is 8.79. The maximum atomic E-state index is 13.1. The van der Waals surface area contributed by atoms with Gasteiger partial charge in [0.25, 0.3) is 11.8 Å². The van der Waals surface area contributed by atoms with Gasteiger partial charge in [-0.15, -0.1) is 5.10 Å². The Hall–Kier alpha value is -3.60. The van der Waals surface area contributed by atoms with Gasteiger partial charge in [0.1, 0.15) is 24.4 Å². The molecule has 0 bridgehead atoms. The SMILES string of the molecule is CN1C(=O)[C@H](NC(=O)c2ncn(Cc3ccccc3)n2)CCn2nc(CCN3CC(F)C3)cc21. The molecule has 0 saturated carbocycles. The number of likely N-dealkylation sites (N-methyl/N-ethyl adjacent to an activating group) is 1. The van der Waals surface area contributed by atoms with Crippen LogP contribution in [0.3, 0.4) is 0 Å². The first-order valence-electron chi connectivity index (χ1n) is 11.4. The maximum Gasteiger partial charge on any atom is 0.291 e. The van der Waals surface area contributed by atoms with Gasteiger partial charge in [-0.2, -0.15) is 5.10 Å². The van der Waals surface area contributed by atoms with Crippen LogP contribution in [0.25, 0.3) is 0 Å². The smallest absolute Gasteiger partial charge is 0.291 e. The molecule has 1 aromatic carbocycles. The van der Waals surface area contributed by atoms with Crippen LogP contribution >= 0.6 is 0 Å². The van der Waals surface area contributed by atoms with Gasteiger partial charge in [0.15, 0.2) is 0 Å². The van der Waals surface area contributed by atoms with E-state index in [1.807, 2.05) is 41.3 Å². The van der Waals surface area contributed by atoms with Crippen LogP contribution in [0.15, 0.2) is 42.7 Å². The average molecular weight is 467 g/mol. The highest BCUT2D eigenvalue weighted by Crippen LogP contribution is 2.22. The molecule has 0 spiro atoms. The van der Waals surface area contributed by atoms with Crippen molar-refractivity contribution in [2.75, 3.05) is 31.6 Å². The van der Waals surface area contributed by atoms with Gasteiger partial charge in [0.2, 0.25) is 5.82 Å². The maximum absolute atomic E-state index is 13.1. The van der Waals surface area contributed by atoms with Gasteiger partial charge >= 0.3 is 0 Å². The predicted octanol–water partition coefficient (Wildman–Crippen LogP) is 0.884. The number of alkyl halides is 1. The fourth-order valence-electron chi connectivity index (χ4n) is 4.30. The third-order valence-corrected chi connectivity index (χ3v) is 6.24. The summed E-state index contributed by atoms with van der Waals surface area (Å²) in [5.41, 5.74) is 1.91. The number of aryl methyl sites for hydroxylation is 1. The van der Waals surface area contributed by atoms with Crippen molar-refractivity contribution in [1.82, 2.24) is 34.8 Å². The quantitative estimate of drug-likeness (QED) is 0.555. The minimum absolute atomic E-state index is 0.0252. The minimum Gasteiger partial charge on any atom is -0.337 e. The van der Waals surface area contributed by atoms with Crippen molar-refractivity contribution in [2.45, 2.75) is 38.1 Å². The molecule has 10 nitrogen and oxygen atoms in total. The van der Waals surface area contributed by atoms with Crippen LogP contribution in [0.2, 0.25) is 0 Å². The average Bonchev–Trinajstić information content (AvgIpc) is 3.43. The Kier molecular flexibility index (Phi) is 6.10. The molecule has 2 amide bonds. The topological polar surface area (TPSA) is 101 Å². The van der Waals surface area contributed by atoms with Gasteiger partial charge in [-0.25, -0.2) is 18.7 Å². The summed E-state index contributed by atoms with van der Waals surface area (Å²) >= 11 is 0. The van der Waals surface area contributed by atoms with E-state index in [1.54, 1.807) is 16.4 Å². The van der Waals surface area contributed by atoms with E-state index in [-0.39, 0.29) is 11.7 Å². The minimum atomic E-state index is -0.720. The van der Waals surface area contributed by atoms with Crippen LogP contribution in [-0.2, 0) is 24.3 Å². The van der Waals surface area contributed by atoms with E-state index in [4.69, 9.17) is 0 Å². The number of aromatic nitrogens is 5. The largest absolute Gasteiger partial charge is 0.337 e. The van der Waals surface area contributed by atoms with Crippen molar-refractivity contribution < 1.29 is 14.0 Å². The van der Waals surface area contributed by atoms with E-state index in [2.05, 4.69) is 20.5 Å². The molecule has 34 heavy (non-hydrogen) atoms. The Morgan fingerprint density at radius 3 is 2.76 bits per heavy atom. The number of anilines is 1. The highest BCUT2D eigenvalue weighted by Gasteiger charge is 2.32. The molecule has 0 aliphatic carbocycles. The Morgan fingerprint density at radius 1 is 1.21 bits per heavy atom. The number of carbonyl (C=O) groups excluding carboxylic acids is 2. The van der Waals surface area contributed by atoms with Gasteiger partial charge in [-0.3, -0.25) is 19.4 Å². The molecule has 5 rings (SSSR count). The third-order valence-electron chi connectivity index (χ3n) is 6.24. The van der Waals surface area contributed by atoms with Crippen LogP contribution in [0.5, 0.6) is 0 Å². The number of likely N-dealkylation sites (tertiary alicyclic amines) is 1. The molecule has 2 aliphatic heterocycles. The third kappa shape index (κ3) is 4.69. The second kappa shape index (κ2) is 9.34. The number of nitrogens with one attached hydrogen (secondary N) is 1. The lowest BCUT2D eigenvalue weighted by atomic mass is 10.1. The Balaban J connectivity index is 1.19. The van der Waals surface area contributed by atoms with E-state index in [9.17, 15) is 14.0 Å². The van der Waals surface area contributed by atoms with Crippen molar-refractivity contribution in [3.05, 3.63) is 59.8 Å². The number of benzene rings is 1. The molecular weight excluding hydrogens is 439 g/mol. The van der Waals surface area contributed by atoms with Crippen LogP contribution in [0, 0.1) is 0 Å². The van der Waals surface area contributed by atoms with Crippen LogP contribution in [0.1, 0.15) is 28.3 Å². The molecule has 2 aromatic heterocycles. The zero-order valence-electron chi connectivity index (χ0n) is 19.0. The first-order chi connectivity index (χ1) is 16.5. The van der Waals surface area contributed by atoms with Crippen molar-refractivity contribution in [3.63, 3.8) is 0 Å². The van der Waals surface area contributed by atoms with Crippen LogP contribution in [0.4, 0.5) is 10.2 Å². The predicted molar refractivity (Wildman–Crippen MR) is 122 cm³/mol. The van der Waals surface area contributed by atoms with Gasteiger partial charge in [-0.1, -0.05) is 30.3 Å². The fraction of sp³-hybridized carbons (Fsp3) is 0.435. The molecule has 1 atom stereocenters. The fourth-order valence-corrected chi connectivity index (χ4v) is 4.30. The molecule has 1 saturated heterocycles. The standard InChI is InChI=1S/C23H27FN8O2/c1-29-20-11-18(7-9-30-13-17(24)14-30)27-32(20)10-8-19(23(29)34)26-22(33)21-25-15-31(28-21)12-16-5-3-2-4-6-16/h2-6,11,15,17,19H,7-10,12-14H2,1H3,(H,26,33)/t19-/m1/s1. The van der Waals surface area contributed by atoms with Crippen molar-refractivity contribution in [1.29, 1.82) is 0 Å². The summed E-state index contributed by atoms with van der Waals surface area (Å²) in [4.78, 5) is 33.5. The molecule has 4 heterocycles. The number of amides is 2. The summed E-state index contributed by atoms with van der Waals surface area (Å²) in [6.45, 7) is 2.70. The summed E-state index contributed by atoms with van der Waals surface area (Å²) in [5.74, 6) is 0.0101. The molecular formula is C23H27FN8O2. The first-order valence-corrected chi connectivity index (χ1v) is 11.4. The summed E-state index contributed by atoms with van der Waals surface area (Å²) < 4.78 is 16.4. The van der Waals surface area contributed by atoms with E-state index < -0.39 is 18.1 Å². The summed E-state index contributed by atoms with van der Waals surface area (Å²) in [7, 11) is 1.68. The summed E-state index contributed by atoms with van der Waals surface area (Å²) in [6, 6.07) is 10.9.